The van der Waals surface area contributed by atoms with E-state index in [-0.39, 0.29) is 16.2 Å². The number of sulfone groups is 1. The first-order valence-electron chi connectivity index (χ1n) is 7.93. The van der Waals surface area contributed by atoms with Gasteiger partial charge in [0.1, 0.15) is 5.54 Å². The quantitative estimate of drug-likeness (QED) is 0.783. The lowest BCUT2D eigenvalue weighted by atomic mass is 10.0. The molecule has 7 heteroatoms. The Balaban J connectivity index is 2.20. The molecule has 0 aliphatic carbocycles. The summed E-state index contributed by atoms with van der Waals surface area (Å²) >= 11 is 0. The van der Waals surface area contributed by atoms with Gasteiger partial charge in [-0.15, -0.1) is 0 Å². The number of nitrogens with one attached hydrogen (secondary N) is 1. The number of amides is 1. The Morgan fingerprint density at radius 1 is 1.04 bits per heavy atom. The van der Waals surface area contributed by atoms with Crippen LogP contribution in [0, 0.1) is 0 Å². The Bertz CT molecular complexity index is 905. The minimum Gasteiger partial charge on any atom is -0.467 e. The molecule has 0 saturated heterocycles. The van der Waals surface area contributed by atoms with Gasteiger partial charge in [0.25, 0.3) is 5.91 Å². The van der Waals surface area contributed by atoms with Gasteiger partial charge >= 0.3 is 5.97 Å². The lowest BCUT2D eigenvalue weighted by molar-refractivity contribution is -0.146. The van der Waals surface area contributed by atoms with Gasteiger partial charge in [-0.3, -0.25) is 4.79 Å². The van der Waals surface area contributed by atoms with Gasteiger partial charge in [0.2, 0.25) is 0 Å². The molecule has 0 aliphatic heterocycles. The highest BCUT2D eigenvalue weighted by atomic mass is 32.2. The molecule has 6 nitrogen and oxygen atoms in total. The van der Waals surface area contributed by atoms with Crippen molar-refractivity contribution in [3.63, 3.8) is 0 Å². The molecule has 0 bridgehead atoms. The van der Waals surface area contributed by atoms with Crippen LogP contribution in [0.3, 0.4) is 0 Å². The summed E-state index contributed by atoms with van der Waals surface area (Å²) in [6.07, 6.45) is 0. The van der Waals surface area contributed by atoms with Crippen LogP contribution < -0.4 is 5.32 Å². The molecular formula is C19H21NO5S. The van der Waals surface area contributed by atoms with Crippen LogP contribution in [0.15, 0.2) is 59.5 Å². The molecule has 1 amide bonds. The summed E-state index contributed by atoms with van der Waals surface area (Å²) < 4.78 is 29.6. The molecule has 2 aromatic rings. The number of benzene rings is 2. The van der Waals surface area contributed by atoms with Gasteiger partial charge < -0.3 is 10.1 Å². The van der Waals surface area contributed by atoms with Crippen LogP contribution in [0.1, 0.15) is 29.8 Å². The molecule has 0 fully saturated rings. The fraction of sp³-hybridized carbons (Fsp3) is 0.263. The van der Waals surface area contributed by atoms with Gasteiger partial charge in [-0.1, -0.05) is 30.3 Å². The standard InChI is InChI=1S/C19H21NO5S/c1-19(2,18(22)25-3)20-17(21)15-9-7-8-14(12-15)13-26(23,24)16-10-5-4-6-11-16/h4-12H,13H2,1-3H3,(H,20,21). The van der Waals surface area contributed by atoms with Crippen molar-refractivity contribution in [3.05, 3.63) is 65.7 Å². The number of methoxy groups -OCH3 is 1. The van der Waals surface area contributed by atoms with Gasteiger partial charge in [0, 0.05) is 5.56 Å². The van der Waals surface area contributed by atoms with E-state index < -0.39 is 27.3 Å². The van der Waals surface area contributed by atoms with Crippen molar-refractivity contribution in [1.82, 2.24) is 5.32 Å². The van der Waals surface area contributed by atoms with E-state index in [2.05, 4.69) is 10.1 Å². The molecule has 2 rings (SSSR count). The maximum absolute atomic E-state index is 12.5. The lowest BCUT2D eigenvalue weighted by Crippen LogP contribution is -2.50. The zero-order chi connectivity index (χ0) is 19.4. The molecule has 0 radical (unpaired) electrons. The summed E-state index contributed by atoms with van der Waals surface area (Å²) in [5, 5.41) is 2.58. The lowest BCUT2D eigenvalue weighted by Gasteiger charge is -2.23. The summed E-state index contributed by atoms with van der Waals surface area (Å²) in [7, 11) is -2.27. The number of carbonyl (C=O) groups is 2. The molecule has 0 saturated carbocycles. The molecule has 0 atom stereocenters. The smallest absolute Gasteiger partial charge is 0.330 e. The molecule has 0 spiro atoms. The third kappa shape index (κ3) is 4.70. The number of rotatable bonds is 6. The molecule has 1 N–H and O–H groups in total. The van der Waals surface area contributed by atoms with Gasteiger partial charge in [-0.05, 0) is 43.7 Å². The number of carbonyl (C=O) groups excluding carboxylic acids is 2. The number of hydrogen-bond acceptors (Lipinski definition) is 5. The van der Waals surface area contributed by atoms with Crippen LogP contribution >= 0.6 is 0 Å². The Morgan fingerprint density at radius 3 is 2.31 bits per heavy atom. The van der Waals surface area contributed by atoms with Crippen molar-refractivity contribution in [2.75, 3.05) is 7.11 Å². The summed E-state index contributed by atoms with van der Waals surface area (Å²) in [5.41, 5.74) is -0.446. The largest absolute Gasteiger partial charge is 0.467 e. The van der Waals surface area contributed by atoms with E-state index in [0.29, 0.717) is 5.56 Å². The molecule has 26 heavy (non-hydrogen) atoms. The SMILES string of the molecule is COC(=O)C(C)(C)NC(=O)c1cccc(CS(=O)(=O)c2ccccc2)c1. The van der Waals surface area contributed by atoms with Gasteiger partial charge in [0.05, 0.1) is 17.8 Å². The predicted octanol–water partition coefficient (Wildman–Crippen LogP) is 2.34. The topological polar surface area (TPSA) is 89.5 Å². The van der Waals surface area contributed by atoms with Crippen LogP contribution in [0.25, 0.3) is 0 Å². The average Bonchev–Trinajstić information content (AvgIpc) is 2.61. The van der Waals surface area contributed by atoms with Crippen molar-refractivity contribution in [1.29, 1.82) is 0 Å². The zero-order valence-corrected chi connectivity index (χ0v) is 15.7. The molecule has 0 heterocycles. The predicted molar refractivity (Wildman–Crippen MR) is 97.3 cm³/mol. The highest BCUT2D eigenvalue weighted by Crippen LogP contribution is 2.17. The zero-order valence-electron chi connectivity index (χ0n) is 14.9. The van der Waals surface area contributed by atoms with E-state index in [1.165, 1.54) is 39.2 Å². The second kappa shape index (κ2) is 7.70. The monoisotopic (exact) mass is 375 g/mol. The van der Waals surface area contributed by atoms with Crippen LogP contribution in [0.2, 0.25) is 0 Å². The Hall–Kier alpha value is -2.67. The van der Waals surface area contributed by atoms with Crippen LogP contribution in [-0.4, -0.2) is 32.9 Å². The first kappa shape index (κ1) is 19.7. The molecule has 0 aliphatic rings. The summed E-state index contributed by atoms with van der Waals surface area (Å²) in [6, 6.07) is 14.4. The van der Waals surface area contributed by atoms with Crippen LogP contribution in [-0.2, 0) is 25.1 Å². The Morgan fingerprint density at radius 2 is 1.69 bits per heavy atom. The molecular weight excluding hydrogens is 354 g/mol. The van der Waals surface area contributed by atoms with E-state index in [0.717, 1.165) is 0 Å². The highest BCUT2D eigenvalue weighted by molar-refractivity contribution is 7.90. The molecule has 0 unspecified atom stereocenters. The van der Waals surface area contributed by atoms with E-state index in [1.807, 2.05) is 0 Å². The Kier molecular flexibility index (Phi) is 5.82. The van der Waals surface area contributed by atoms with Gasteiger partial charge in [0.15, 0.2) is 9.84 Å². The first-order chi connectivity index (χ1) is 12.2. The fourth-order valence-corrected chi connectivity index (χ4v) is 3.75. The van der Waals surface area contributed by atoms with Crippen molar-refractivity contribution in [2.24, 2.45) is 0 Å². The third-order valence-electron chi connectivity index (χ3n) is 3.77. The summed E-state index contributed by atoms with van der Waals surface area (Å²) in [6.45, 7) is 3.06. The number of ether oxygens (including phenoxy) is 1. The second-order valence-corrected chi connectivity index (χ2v) is 8.33. The van der Waals surface area contributed by atoms with Crippen molar-refractivity contribution in [2.45, 2.75) is 30.0 Å². The van der Waals surface area contributed by atoms with E-state index in [4.69, 9.17) is 0 Å². The minimum atomic E-state index is -3.51. The maximum atomic E-state index is 12.5. The van der Waals surface area contributed by atoms with Crippen LogP contribution in [0.4, 0.5) is 0 Å². The molecule has 0 aromatic heterocycles. The summed E-state index contributed by atoms with van der Waals surface area (Å²) in [4.78, 5) is 24.3. The van der Waals surface area contributed by atoms with E-state index >= 15 is 0 Å². The van der Waals surface area contributed by atoms with Crippen LogP contribution in [0.5, 0.6) is 0 Å². The minimum absolute atomic E-state index is 0.224. The highest BCUT2D eigenvalue weighted by Gasteiger charge is 2.30. The van der Waals surface area contributed by atoms with Gasteiger partial charge in [-0.2, -0.15) is 0 Å². The Labute approximate surface area is 153 Å². The maximum Gasteiger partial charge on any atom is 0.330 e. The molecule has 2 aromatic carbocycles. The van der Waals surface area contributed by atoms with Gasteiger partial charge in [-0.25, -0.2) is 13.2 Å². The van der Waals surface area contributed by atoms with Crippen molar-refractivity contribution in [3.8, 4) is 0 Å². The summed E-state index contributed by atoms with van der Waals surface area (Å²) in [5.74, 6) is -1.29. The number of esters is 1. The first-order valence-corrected chi connectivity index (χ1v) is 9.58. The van der Waals surface area contributed by atoms with Crippen molar-refractivity contribution >= 4 is 21.7 Å². The normalized spacial score (nSPS) is 11.7. The average molecular weight is 375 g/mol. The second-order valence-electron chi connectivity index (χ2n) is 6.34. The third-order valence-corrected chi connectivity index (χ3v) is 5.47. The van der Waals surface area contributed by atoms with E-state index in [9.17, 15) is 18.0 Å². The van der Waals surface area contributed by atoms with E-state index in [1.54, 1.807) is 36.4 Å². The van der Waals surface area contributed by atoms with Crippen molar-refractivity contribution < 1.29 is 22.7 Å². The molecule has 138 valence electrons. The number of hydrogen-bond donors (Lipinski definition) is 1. The fourth-order valence-electron chi connectivity index (χ4n) is 2.40.